The van der Waals surface area contributed by atoms with Gasteiger partial charge in [-0.15, -0.1) is 0 Å². The van der Waals surface area contributed by atoms with Crippen LogP contribution in [0.25, 0.3) is 0 Å². The van der Waals surface area contributed by atoms with Gasteiger partial charge in [0.2, 0.25) is 12.3 Å². The number of nitrogens with one attached hydrogen (secondary N) is 2. The van der Waals surface area contributed by atoms with Gasteiger partial charge in [-0.1, -0.05) is 24.0 Å². The second-order valence-corrected chi connectivity index (χ2v) is 2.95. The van der Waals surface area contributed by atoms with Crippen LogP contribution in [0.2, 0.25) is 0 Å². The van der Waals surface area contributed by atoms with Crippen molar-refractivity contribution in [3.8, 4) is 0 Å². The van der Waals surface area contributed by atoms with Crippen LogP contribution in [-0.2, 0) is 15.9 Å². The molecule has 1 aromatic rings. The summed E-state index contributed by atoms with van der Waals surface area (Å²) < 4.78 is 0. The van der Waals surface area contributed by atoms with Crippen molar-refractivity contribution in [2.45, 2.75) is 6.32 Å². The van der Waals surface area contributed by atoms with Crippen LogP contribution in [0.4, 0.5) is 5.69 Å². The number of hydrogen-bond donors (Lipinski definition) is 2. The molecule has 1 rings (SSSR count). The minimum Gasteiger partial charge on any atom is -0.350 e. The smallest absolute Gasteiger partial charge is 0.243 e. The van der Waals surface area contributed by atoms with Gasteiger partial charge in [-0.2, -0.15) is 0 Å². The first-order chi connectivity index (χ1) is 7.26. The fraction of sp³-hybridized carbons (Fsp3) is 0.200. The first-order valence-corrected chi connectivity index (χ1v) is 4.52. The Morgan fingerprint density at radius 2 is 2.00 bits per heavy atom. The van der Waals surface area contributed by atoms with E-state index in [1.54, 1.807) is 12.1 Å². The van der Waals surface area contributed by atoms with Gasteiger partial charge in [0.1, 0.15) is 0 Å². The topological polar surface area (TPSA) is 58.2 Å². The number of rotatable bonds is 5. The molecule has 0 atom stereocenters. The SMILES string of the molecule is [B]Cc1ccc(NC(=O)CNC=O)cc1. The van der Waals surface area contributed by atoms with Gasteiger partial charge in [-0.05, 0) is 12.1 Å². The van der Waals surface area contributed by atoms with Gasteiger partial charge < -0.3 is 10.6 Å². The standard InChI is InChI=1S/C10H11BN2O2/c11-5-8-1-3-9(4-2-8)13-10(15)6-12-7-14/h1-4,7H,5-6H2,(H,12,14)(H,13,15). The van der Waals surface area contributed by atoms with Gasteiger partial charge in [-0.25, -0.2) is 0 Å². The zero-order chi connectivity index (χ0) is 11.1. The normalized spacial score (nSPS) is 9.33. The molecule has 2 amide bonds. The Balaban J connectivity index is 2.49. The first-order valence-electron chi connectivity index (χ1n) is 4.52. The minimum atomic E-state index is -0.261. The number of carbonyl (C=O) groups excluding carboxylic acids is 2. The van der Waals surface area contributed by atoms with Gasteiger partial charge in [0.05, 0.1) is 14.4 Å². The monoisotopic (exact) mass is 202 g/mol. The van der Waals surface area contributed by atoms with Crippen molar-refractivity contribution in [1.82, 2.24) is 5.32 Å². The lowest BCUT2D eigenvalue weighted by atomic mass is 9.97. The van der Waals surface area contributed by atoms with Crippen LogP contribution in [0.3, 0.4) is 0 Å². The quantitative estimate of drug-likeness (QED) is 0.523. The van der Waals surface area contributed by atoms with Crippen molar-refractivity contribution in [2.24, 2.45) is 0 Å². The number of benzene rings is 1. The molecule has 0 aliphatic rings. The van der Waals surface area contributed by atoms with Crippen molar-refractivity contribution >= 4 is 25.9 Å². The molecular weight excluding hydrogens is 191 g/mol. The summed E-state index contributed by atoms with van der Waals surface area (Å²) in [5, 5.41) is 4.91. The Morgan fingerprint density at radius 1 is 1.33 bits per heavy atom. The van der Waals surface area contributed by atoms with Crippen molar-refractivity contribution < 1.29 is 9.59 Å². The predicted molar refractivity (Wildman–Crippen MR) is 58.6 cm³/mol. The molecular formula is C10H11BN2O2. The van der Waals surface area contributed by atoms with E-state index < -0.39 is 0 Å². The van der Waals surface area contributed by atoms with Gasteiger partial charge >= 0.3 is 0 Å². The Morgan fingerprint density at radius 3 is 2.53 bits per heavy atom. The number of hydrogen-bond acceptors (Lipinski definition) is 2. The van der Waals surface area contributed by atoms with E-state index in [1.807, 2.05) is 12.1 Å². The molecule has 4 nitrogen and oxygen atoms in total. The van der Waals surface area contributed by atoms with Crippen LogP contribution in [0.1, 0.15) is 5.56 Å². The Bertz CT molecular complexity index is 338. The zero-order valence-corrected chi connectivity index (χ0v) is 8.19. The van der Waals surface area contributed by atoms with E-state index >= 15 is 0 Å². The maximum atomic E-state index is 11.2. The van der Waals surface area contributed by atoms with Gasteiger partial charge in [0, 0.05) is 5.69 Å². The van der Waals surface area contributed by atoms with Gasteiger partial charge in [0.15, 0.2) is 0 Å². The summed E-state index contributed by atoms with van der Waals surface area (Å²) in [7, 11) is 5.43. The Labute approximate surface area is 89.5 Å². The van der Waals surface area contributed by atoms with Crippen LogP contribution in [0.15, 0.2) is 24.3 Å². The molecule has 2 N–H and O–H groups in total. The lowest BCUT2D eigenvalue weighted by Crippen LogP contribution is -2.26. The van der Waals surface area contributed by atoms with Crippen molar-refractivity contribution in [1.29, 1.82) is 0 Å². The molecule has 0 bridgehead atoms. The molecule has 0 fully saturated rings. The van der Waals surface area contributed by atoms with Crippen LogP contribution in [-0.4, -0.2) is 26.7 Å². The van der Waals surface area contributed by atoms with E-state index in [9.17, 15) is 9.59 Å². The largest absolute Gasteiger partial charge is 0.350 e. The van der Waals surface area contributed by atoms with E-state index in [2.05, 4.69) is 10.6 Å². The van der Waals surface area contributed by atoms with Gasteiger partial charge in [0.25, 0.3) is 0 Å². The van der Waals surface area contributed by atoms with E-state index in [0.29, 0.717) is 18.4 Å². The average Bonchev–Trinajstić information content (AvgIpc) is 2.27. The van der Waals surface area contributed by atoms with Crippen molar-refractivity contribution in [2.75, 3.05) is 11.9 Å². The molecule has 0 spiro atoms. The highest BCUT2D eigenvalue weighted by atomic mass is 16.2. The van der Waals surface area contributed by atoms with Gasteiger partial charge in [-0.3, -0.25) is 9.59 Å². The molecule has 2 radical (unpaired) electrons. The highest BCUT2D eigenvalue weighted by Gasteiger charge is 2.00. The maximum absolute atomic E-state index is 11.2. The molecule has 0 saturated carbocycles. The fourth-order valence-corrected chi connectivity index (χ4v) is 1.06. The zero-order valence-electron chi connectivity index (χ0n) is 8.19. The third-order valence-electron chi connectivity index (χ3n) is 1.82. The second kappa shape index (κ2) is 5.85. The Hall–Kier alpha value is -1.78. The maximum Gasteiger partial charge on any atom is 0.243 e. The van der Waals surface area contributed by atoms with E-state index in [4.69, 9.17) is 7.85 Å². The van der Waals surface area contributed by atoms with Crippen LogP contribution < -0.4 is 10.6 Å². The van der Waals surface area contributed by atoms with Crippen LogP contribution >= 0.6 is 0 Å². The lowest BCUT2D eigenvalue weighted by Gasteiger charge is -2.05. The molecule has 0 unspecified atom stereocenters. The van der Waals surface area contributed by atoms with Crippen LogP contribution in [0, 0.1) is 0 Å². The summed E-state index contributed by atoms with van der Waals surface area (Å²) in [5.41, 5.74) is 1.68. The molecule has 5 heteroatoms. The molecule has 76 valence electrons. The van der Waals surface area contributed by atoms with Crippen LogP contribution in [0.5, 0.6) is 0 Å². The summed E-state index contributed by atoms with van der Waals surface area (Å²) in [6.45, 7) is -0.0257. The molecule has 0 saturated heterocycles. The van der Waals surface area contributed by atoms with Crippen molar-refractivity contribution in [3.63, 3.8) is 0 Å². The summed E-state index contributed by atoms with van der Waals surface area (Å²) in [6, 6.07) is 7.20. The molecule has 1 aromatic carbocycles. The minimum absolute atomic E-state index is 0.0257. The number of amides is 2. The molecule has 0 aromatic heterocycles. The average molecular weight is 202 g/mol. The fourth-order valence-electron chi connectivity index (χ4n) is 1.06. The summed E-state index contributed by atoms with van der Waals surface area (Å²) >= 11 is 0. The second-order valence-electron chi connectivity index (χ2n) is 2.95. The van der Waals surface area contributed by atoms with E-state index in [0.717, 1.165) is 5.56 Å². The molecule has 0 aliphatic heterocycles. The molecule has 0 aliphatic carbocycles. The van der Waals surface area contributed by atoms with Crippen molar-refractivity contribution in [3.05, 3.63) is 29.8 Å². The number of carbonyl (C=O) groups is 2. The summed E-state index contributed by atoms with van der Waals surface area (Å²) in [5.74, 6) is -0.261. The first kappa shape index (κ1) is 11.3. The highest BCUT2D eigenvalue weighted by molar-refractivity contribution is 6.08. The number of anilines is 1. The summed E-state index contributed by atoms with van der Waals surface area (Å²) in [4.78, 5) is 21.1. The molecule has 15 heavy (non-hydrogen) atoms. The third kappa shape index (κ3) is 3.85. The Kier molecular flexibility index (Phi) is 4.41. The third-order valence-corrected chi connectivity index (χ3v) is 1.82. The lowest BCUT2D eigenvalue weighted by molar-refractivity contribution is -0.118. The molecule has 0 heterocycles. The van der Waals surface area contributed by atoms with E-state index in [1.165, 1.54) is 0 Å². The summed E-state index contributed by atoms with van der Waals surface area (Å²) in [6.07, 6.45) is 0.956. The predicted octanol–water partition coefficient (Wildman–Crippen LogP) is 0.0396. The van der Waals surface area contributed by atoms with E-state index in [-0.39, 0.29) is 12.5 Å². The highest BCUT2D eigenvalue weighted by Crippen LogP contribution is 2.08.